The van der Waals surface area contributed by atoms with Gasteiger partial charge in [-0.2, -0.15) is 0 Å². The Bertz CT molecular complexity index is 1180. The number of hydrogen-bond acceptors (Lipinski definition) is 5. The van der Waals surface area contributed by atoms with Gasteiger partial charge in [-0.25, -0.2) is 8.42 Å². The molecule has 0 unspecified atom stereocenters. The van der Waals surface area contributed by atoms with Crippen LogP contribution in [0.1, 0.15) is 57.4 Å². The van der Waals surface area contributed by atoms with Gasteiger partial charge >= 0.3 is 0 Å². The van der Waals surface area contributed by atoms with E-state index in [4.69, 9.17) is 16.3 Å². The Balaban J connectivity index is 1.72. The van der Waals surface area contributed by atoms with Gasteiger partial charge in [0.2, 0.25) is 21.8 Å². The normalized spacial score (nSPS) is 14.9. The van der Waals surface area contributed by atoms with Gasteiger partial charge in [0.25, 0.3) is 0 Å². The number of hydrogen-bond donors (Lipinski definition) is 1. The number of carbonyl (C=O) groups excluding carboxylic acids is 2. The second-order valence-corrected chi connectivity index (χ2v) is 12.2. The molecule has 1 aliphatic carbocycles. The molecule has 0 spiro atoms. The summed E-state index contributed by atoms with van der Waals surface area (Å²) in [7, 11) is -1.98. The summed E-state index contributed by atoms with van der Waals surface area (Å²) in [5.74, 6) is 0.275. The van der Waals surface area contributed by atoms with Crippen molar-refractivity contribution in [3.63, 3.8) is 0 Å². The molecule has 1 fully saturated rings. The van der Waals surface area contributed by atoms with Crippen molar-refractivity contribution >= 4 is 39.1 Å². The quantitative estimate of drug-likeness (QED) is 0.401. The number of ether oxygens (including phenoxy) is 1. The third-order valence-corrected chi connectivity index (χ3v) is 8.32. The average Bonchev–Trinajstić information content (AvgIpc) is 2.90. The summed E-state index contributed by atoms with van der Waals surface area (Å²) in [6.07, 6.45) is 6.79. The first kappa shape index (κ1) is 29.8. The number of nitrogens with zero attached hydrogens (tertiary/aromatic N) is 2. The lowest BCUT2D eigenvalue weighted by atomic mass is 9.95. The maximum absolute atomic E-state index is 13.5. The number of benzene rings is 2. The van der Waals surface area contributed by atoms with E-state index in [1.807, 2.05) is 24.3 Å². The standard InChI is InChI=1S/C28H38ClN3O5S/c1-21(28(34)30-24-10-5-4-6-11-24)31(20-22-9-7-12-26(19-22)37-2)27(33)13-8-18-32(38(3,35)36)25-16-14-23(29)15-17-25/h7,9,12,14-17,19,21,24H,4-6,8,10-11,13,18,20H2,1-3H3,(H,30,34)/t21-/m0/s1. The highest BCUT2D eigenvalue weighted by Gasteiger charge is 2.28. The summed E-state index contributed by atoms with van der Waals surface area (Å²) in [5, 5.41) is 3.63. The molecule has 8 nitrogen and oxygen atoms in total. The minimum absolute atomic E-state index is 0.0879. The van der Waals surface area contributed by atoms with Crippen molar-refractivity contribution < 1.29 is 22.7 Å². The Hall–Kier alpha value is -2.78. The number of halogens is 1. The first-order chi connectivity index (χ1) is 18.1. The molecule has 2 aromatic carbocycles. The van der Waals surface area contributed by atoms with Gasteiger partial charge in [-0.15, -0.1) is 0 Å². The fraction of sp³-hybridized carbons (Fsp3) is 0.500. The van der Waals surface area contributed by atoms with Crippen LogP contribution in [0.3, 0.4) is 0 Å². The van der Waals surface area contributed by atoms with Crippen LogP contribution < -0.4 is 14.4 Å². The van der Waals surface area contributed by atoms with Gasteiger partial charge in [0.05, 0.1) is 19.1 Å². The number of nitrogens with one attached hydrogen (secondary N) is 1. The smallest absolute Gasteiger partial charge is 0.242 e. The second-order valence-electron chi connectivity index (χ2n) is 9.81. The van der Waals surface area contributed by atoms with Crippen LogP contribution in [0.2, 0.25) is 5.02 Å². The molecule has 1 N–H and O–H groups in total. The Morgan fingerprint density at radius 3 is 2.42 bits per heavy atom. The van der Waals surface area contributed by atoms with E-state index in [2.05, 4.69) is 5.32 Å². The molecule has 0 aromatic heterocycles. The summed E-state index contributed by atoms with van der Waals surface area (Å²) in [5.41, 5.74) is 1.33. The Morgan fingerprint density at radius 2 is 1.79 bits per heavy atom. The predicted octanol–water partition coefficient (Wildman–Crippen LogP) is 4.76. The summed E-state index contributed by atoms with van der Waals surface area (Å²) >= 11 is 5.95. The lowest BCUT2D eigenvalue weighted by Crippen LogP contribution is -2.50. The summed E-state index contributed by atoms with van der Waals surface area (Å²) < 4.78 is 31.5. The Kier molecular flexibility index (Phi) is 10.8. The molecule has 1 atom stereocenters. The van der Waals surface area contributed by atoms with E-state index in [0.29, 0.717) is 22.9 Å². The zero-order valence-corrected chi connectivity index (χ0v) is 23.9. The van der Waals surface area contributed by atoms with Crippen LogP contribution in [0, 0.1) is 0 Å². The highest BCUT2D eigenvalue weighted by atomic mass is 35.5. The zero-order chi connectivity index (χ0) is 27.7. The van der Waals surface area contributed by atoms with E-state index in [-0.39, 0.29) is 37.4 Å². The Morgan fingerprint density at radius 1 is 1.11 bits per heavy atom. The molecule has 38 heavy (non-hydrogen) atoms. The van der Waals surface area contributed by atoms with Crippen LogP contribution in [-0.4, -0.2) is 57.1 Å². The first-order valence-electron chi connectivity index (χ1n) is 13.0. The van der Waals surface area contributed by atoms with Crippen molar-refractivity contribution in [1.29, 1.82) is 0 Å². The second kappa shape index (κ2) is 13.8. The van der Waals surface area contributed by atoms with E-state index in [0.717, 1.165) is 37.5 Å². The number of methoxy groups -OCH3 is 1. The van der Waals surface area contributed by atoms with E-state index in [1.54, 1.807) is 43.2 Å². The van der Waals surface area contributed by atoms with Crippen LogP contribution >= 0.6 is 11.6 Å². The highest BCUT2D eigenvalue weighted by Crippen LogP contribution is 2.22. The fourth-order valence-corrected chi connectivity index (χ4v) is 5.82. The molecule has 0 radical (unpaired) electrons. The summed E-state index contributed by atoms with van der Waals surface area (Å²) in [6.45, 7) is 2.11. The van der Waals surface area contributed by atoms with E-state index < -0.39 is 16.1 Å². The lowest BCUT2D eigenvalue weighted by molar-refractivity contribution is -0.141. The lowest BCUT2D eigenvalue weighted by Gasteiger charge is -2.31. The molecule has 0 aliphatic heterocycles. The zero-order valence-electron chi connectivity index (χ0n) is 22.4. The van der Waals surface area contributed by atoms with Crippen LogP contribution in [0.25, 0.3) is 0 Å². The van der Waals surface area contributed by atoms with Gasteiger partial charge in [0, 0.05) is 30.6 Å². The number of sulfonamides is 1. The molecule has 1 aliphatic rings. The van der Waals surface area contributed by atoms with E-state index in [1.165, 1.54) is 10.7 Å². The van der Waals surface area contributed by atoms with Gasteiger partial charge in [0.1, 0.15) is 11.8 Å². The van der Waals surface area contributed by atoms with Gasteiger partial charge in [-0.05, 0) is 68.1 Å². The molecule has 208 valence electrons. The van der Waals surface area contributed by atoms with Crippen molar-refractivity contribution in [3.05, 3.63) is 59.1 Å². The molecule has 2 amide bonds. The minimum atomic E-state index is -3.56. The summed E-state index contributed by atoms with van der Waals surface area (Å²) in [4.78, 5) is 28.2. The fourth-order valence-electron chi connectivity index (χ4n) is 4.73. The third kappa shape index (κ3) is 8.63. The first-order valence-corrected chi connectivity index (χ1v) is 15.3. The minimum Gasteiger partial charge on any atom is -0.497 e. The predicted molar refractivity (Wildman–Crippen MR) is 151 cm³/mol. The monoisotopic (exact) mass is 563 g/mol. The molecular weight excluding hydrogens is 526 g/mol. The molecule has 0 bridgehead atoms. The van der Waals surface area contributed by atoms with Crippen molar-refractivity contribution in [2.45, 2.75) is 70.5 Å². The van der Waals surface area contributed by atoms with Gasteiger partial charge < -0.3 is 15.0 Å². The van der Waals surface area contributed by atoms with Gasteiger partial charge in [-0.3, -0.25) is 13.9 Å². The van der Waals surface area contributed by atoms with E-state index in [9.17, 15) is 18.0 Å². The molecule has 10 heteroatoms. The number of anilines is 1. The summed E-state index contributed by atoms with van der Waals surface area (Å²) in [6, 6.07) is 13.4. The van der Waals surface area contributed by atoms with Crippen molar-refractivity contribution in [2.75, 3.05) is 24.2 Å². The molecule has 0 heterocycles. The topological polar surface area (TPSA) is 96.0 Å². The van der Waals surface area contributed by atoms with Crippen LogP contribution in [0.4, 0.5) is 5.69 Å². The van der Waals surface area contributed by atoms with Crippen LogP contribution in [-0.2, 0) is 26.2 Å². The van der Waals surface area contributed by atoms with Crippen LogP contribution in [0.5, 0.6) is 5.75 Å². The maximum Gasteiger partial charge on any atom is 0.242 e. The Labute approximate surface area is 231 Å². The average molecular weight is 564 g/mol. The van der Waals surface area contributed by atoms with Gasteiger partial charge in [-0.1, -0.05) is 43.0 Å². The number of amides is 2. The van der Waals surface area contributed by atoms with E-state index >= 15 is 0 Å². The van der Waals surface area contributed by atoms with Crippen molar-refractivity contribution in [1.82, 2.24) is 10.2 Å². The van der Waals surface area contributed by atoms with Gasteiger partial charge in [0.15, 0.2) is 0 Å². The number of carbonyl (C=O) groups is 2. The van der Waals surface area contributed by atoms with Crippen LogP contribution in [0.15, 0.2) is 48.5 Å². The highest BCUT2D eigenvalue weighted by molar-refractivity contribution is 7.92. The molecule has 1 saturated carbocycles. The number of rotatable bonds is 12. The molecule has 0 saturated heterocycles. The van der Waals surface area contributed by atoms with Crippen molar-refractivity contribution in [3.8, 4) is 5.75 Å². The third-order valence-electron chi connectivity index (χ3n) is 6.87. The molecular formula is C28H38ClN3O5S. The largest absolute Gasteiger partial charge is 0.497 e. The van der Waals surface area contributed by atoms with Crippen molar-refractivity contribution in [2.24, 2.45) is 0 Å². The molecule has 3 rings (SSSR count). The maximum atomic E-state index is 13.5. The molecule has 2 aromatic rings. The SMILES string of the molecule is COc1cccc(CN(C(=O)CCCN(c2ccc(Cl)cc2)S(C)(=O)=O)[C@@H](C)C(=O)NC2CCCCC2)c1.